The Kier molecular flexibility index (Phi) is 7.69. The van der Waals surface area contributed by atoms with Gasteiger partial charge < -0.3 is 10.2 Å². The van der Waals surface area contributed by atoms with E-state index in [0.29, 0.717) is 23.8 Å². The van der Waals surface area contributed by atoms with Crippen LogP contribution in [-0.2, 0) is 14.8 Å². The van der Waals surface area contributed by atoms with Crippen molar-refractivity contribution in [3.63, 3.8) is 0 Å². The summed E-state index contributed by atoms with van der Waals surface area (Å²) < 4.78 is 27.5. The predicted molar refractivity (Wildman–Crippen MR) is 121 cm³/mol. The average Bonchev–Trinajstić information content (AvgIpc) is 3.03. The molecule has 0 aromatic heterocycles. The fourth-order valence-corrected chi connectivity index (χ4v) is 5.25. The van der Waals surface area contributed by atoms with Gasteiger partial charge in [-0.1, -0.05) is 36.6 Å². The molecule has 0 saturated carbocycles. The second-order valence-electron chi connectivity index (χ2n) is 7.57. The molecule has 0 radical (unpaired) electrons. The molecule has 0 unspecified atom stereocenters. The lowest BCUT2D eigenvalue weighted by Gasteiger charge is -2.21. The molecule has 1 heterocycles. The van der Waals surface area contributed by atoms with Gasteiger partial charge in [0.05, 0.1) is 11.4 Å². The van der Waals surface area contributed by atoms with Gasteiger partial charge in [0.1, 0.15) is 0 Å². The van der Waals surface area contributed by atoms with Crippen LogP contribution >= 0.6 is 11.6 Å². The van der Waals surface area contributed by atoms with Crippen LogP contribution in [-0.4, -0.2) is 56.1 Å². The molecule has 3 rings (SSSR count). The van der Waals surface area contributed by atoms with Gasteiger partial charge in [0.25, 0.3) is 5.91 Å². The minimum Gasteiger partial charge on any atom is -0.332 e. The van der Waals surface area contributed by atoms with Crippen LogP contribution in [0, 0.1) is 0 Å². The van der Waals surface area contributed by atoms with Crippen molar-refractivity contribution < 1.29 is 18.0 Å². The summed E-state index contributed by atoms with van der Waals surface area (Å²) in [6.07, 6.45) is 3.71. The van der Waals surface area contributed by atoms with Crippen LogP contribution in [0.1, 0.15) is 36.0 Å². The van der Waals surface area contributed by atoms with E-state index in [4.69, 9.17) is 11.6 Å². The molecular weight excluding hydrogens is 438 g/mol. The SMILES string of the molecule is CN(CC(=O)Nc1cccc(Cl)c1)C(=O)c1cccc(S(=O)(=O)N2CCCCCC2)c1. The van der Waals surface area contributed by atoms with Crippen molar-refractivity contribution >= 4 is 39.1 Å². The molecule has 0 aliphatic carbocycles. The Morgan fingerprint density at radius 2 is 1.71 bits per heavy atom. The molecule has 1 aliphatic heterocycles. The van der Waals surface area contributed by atoms with Crippen LogP contribution in [0.3, 0.4) is 0 Å². The normalized spacial score (nSPS) is 15.2. The maximum absolute atomic E-state index is 13.0. The third-order valence-corrected chi connectivity index (χ3v) is 7.25. The number of rotatable bonds is 6. The molecule has 0 bridgehead atoms. The maximum atomic E-state index is 13.0. The molecule has 7 nitrogen and oxygen atoms in total. The van der Waals surface area contributed by atoms with E-state index in [-0.39, 0.29) is 22.9 Å². The number of carbonyl (C=O) groups is 2. The van der Waals surface area contributed by atoms with Crippen LogP contribution in [0.5, 0.6) is 0 Å². The Morgan fingerprint density at radius 1 is 1.03 bits per heavy atom. The summed E-state index contributed by atoms with van der Waals surface area (Å²) in [4.78, 5) is 26.4. The topological polar surface area (TPSA) is 86.8 Å². The Bertz CT molecular complexity index is 1050. The lowest BCUT2D eigenvalue weighted by Crippen LogP contribution is -2.35. The maximum Gasteiger partial charge on any atom is 0.254 e. The average molecular weight is 464 g/mol. The first kappa shape index (κ1) is 23.2. The van der Waals surface area contributed by atoms with Crippen LogP contribution < -0.4 is 5.32 Å². The van der Waals surface area contributed by atoms with Gasteiger partial charge >= 0.3 is 0 Å². The van der Waals surface area contributed by atoms with Crippen molar-refractivity contribution in [2.75, 3.05) is 32.0 Å². The molecule has 2 aromatic rings. The first-order chi connectivity index (χ1) is 14.8. The molecule has 31 heavy (non-hydrogen) atoms. The van der Waals surface area contributed by atoms with E-state index >= 15 is 0 Å². The molecular formula is C22H26ClN3O4S. The highest BCUT2D eigenvalue weighted by molar-refractivity contribution is 7.89. The van der Waals surface area contributed by atoms with Crippen LogP contribution in [0.4, 0.5) is 5.69 Å². The third-order valence-electron chi connectivity index (χ3n) is 5.12. The van der Waals surface area contributed by atoms with E-state index in [1.54, 1.807) is 36.4 Å². The number of sulfonamides is 1. The van der Waals surface area contributed by atoms with Crippen LogP contribution in [0.2, 0.25) is 5.02 Å². The molecule has 1 saturated heterocycles. The lowest BCUT2D eigenvalue weighted by atomic mass is 10.2. The zero-order chi connectivity index (χ0) is 22.4. The largest absolute Gasteiger partial charge is 0.332 e. The van der Waals surface area contributed by atoms with Gasteiger partial charge in [-0.25, -0.2) is 8.42 Å². The van der Waals surface area contributed by atoms with E-state index in [0.717, 1.165) is 25.7 Å². The molecule has 1 fully saturated rings. The third kappa shape index (κ3) is 6.06. The van der Waals surface area contributed by atoms with E-state index in [9.17, 15) is 18.0 Å². The molecule has 1 N–H and O–H groups in total. The van der Waals surface area contributed by atoms with E-state index < -0.39 is 15.9 Å². The Hall–Kier alpha value is -2.42. The highest BCUT2D eigenvalue weighted by atomic mass is 35.5. The summed E-state index contributed by atoms with van der Waals surface area (Å²) in [6, 6.07) is 12.7. The summed E-state index contributed by atoms with van der Waals surface area (Å²) in [5.74, 6) is -0.819. The quantitative estimate of drug-likeness (QED) is 0.708. The number of likely N-dealkylation sites (N-methyl/N-ethyl adjacent to an activating group) is 1. The Morgan fingerprint density at radius 3 is 2.39 bits per heavy atom. The Balaban J connectivity index is 1.69. The first-order valence-electron chi connectivity index (χ1n) is 10.2. The number of halogens is 1. The summed E-state index contributed by atoms with van der Waals surface area (Å²) in [5.41, 5.74) is 0.748. The smallest absolute Gasteiger partial charge is 0.254 e. The van der Waals surface area contributed by atoms with Gasteiger partial charge in [0.2, 0.25) is 15.9 Å². The monoisotopic (exact) mass is 463 g/mol. The molecule has 166 valence electrons. The van der Waals surface area contributed by atoms with Crippen molar-refractivity contribution in [3.05, 3.63) is 59.1 Å². The van der Waals surface area contributed by atoms with E-state index in [2.05, 4.69) is 5.32 Å². The van der Waals surface area contributed by atoms with Crippen molar-refractivity contribution in [3.8, 4) is 0 Å². The molecule has 9 heteroatoms. The number of nitrogens with zero attached hydrogens (tertiary/aromatic N) is 2. The first-order valence-corrected chi connectivity index (χ1v) is 12.0. The number of hydrogen-bond donors (Lipinski definition) is 1. The fourth-order valence-electron chi connectivity index (χ4n) is 3.50. The number of hydrogen-bond acceptors (Lipinski definition) is 4. The van der Waals surface area contributed by atoms with E-state index in [1.807, 2.05) is 0 Å². The molecule has 0 atom stereocenters. The van der Waals surface area contributed by atoms with Crippen molar-refractivity contribution in [1.82, 2.24) is 9.21 Å². The number of nitrogens with one attached hydrogen (secondary N) is 1. The van der Waals surface area contributed by atoms with Crippen molar-refractivity contribution in [1.29, 1.82) is 0 Å². The van der Waals surface area contributed by atoms with Crippen LogP contribution in [0.15, 0.2) is 53.4 Å². The standard InChI is InChI=1S/C22H26ClN3O4S/c1-25(16-21(27)24-19-10-7-9-18(23)15-19)22(28)17-8-6-11-20(14-17)31(29,30)26-12-4-2-3-5-13-26/h6-11,14-15H,2-5,12-13,16H2,1H3,(H,24,27). The van der Waals surface area contributed by atoms with Crippen molar-refractivity contribution in [2.45, 2.75) is 30.6 Å². The summed E-state index contributed by atoms with van der Waals surface area (Å²) >= 11 is 5.91. The highest BCUT2D eigenvalue weighted by Crippen LogP contribution is 2.21. The summed E-state index contributed by atoms with van der Waals surface area (Å²) in [6.45, 7) is 0.794. The second-order valence-corrected chi connectivity index (χ2v) is 9.94. The van der Waals surface area contributed by atoms with Gasteiger partial charge in [-0.05, 0) is 49.2 Å². The minimum absolute atomic E-state index is 0.0945. The van der Waals surface area contributed by atoms with Gasteiger partial charge in [0.15, 0.2) is 0 Å². The van der Waals surface area contributed by atoms with Crippen LogP contribution in [0.25, 0.3) is 0 Å². The molecule has 1 aliphatic rings. The number of carbonyl (C=O) groups excluding carboxylic acids is 2. The van der Waals surface area contributed by atoms with Gasteiger partial charge in [0, 0.05) is 36.4 Å². The second kappa shape index (κ2) is 10.3. The minimum atomic E-state index is -3.66. The van der Waals surface area contributed by atoms with Crippen molar-refractivity contribution in [2.24, 2.45) is 0 Å². The number of anilines is 1. The van der Waals surface area contributed by atoms with Gasteiger partial charge in [-0.3, -0.25) is 9.59 Å². The number of benzene rings is 2. The lowest BCUT2D eigenvalue weighted by molar-refractivity contribution is -0.116. The molecule has 2 aromatic carbocycles. The predicted octanol–water partition coefficient (Wildman–Crippen LogP) is 3.62. The molecule has 0 spiro atoms. The number of amides is 2. The summed E-state index contributed by atoms with van der Waals surface area (Å²) in [7, 11) is -2.17. The van der Waals surface area contributed by atoms with Gasteiger partial charge in [-0.2, -0.15) is 4.31 Å². The Labute approximate surface area is 188 Å². The highest BCUT2D eigenvalue weighted by Gasteiger charge is 2.26. The fraction of sp³-hybridized carbons (Fsp3) is 0.364. The zero-order valence-electron chi connectivity index (χ0n) is 17.4. The zero-order valence-corrected chi connectivity index (χ0v) is 19.0. The van der Waals surface area contributed by atoms with E-state index in [1.165, 1.54) is 28.4 Å². The van der Waals surface area contributed by atoms with Gasteiger partial charge in [-0.15, -0.1) is 0 Å². The summed E-state index contributed by atoms with van der Waals surface area (Å²) in [5, 5.41) is 3.18. The molecule has 2 amide bonds.